The molecule has 2 aromatic rings. The monoisotopic (exact) mass is 248 g/mol. The number of benzene rings is 1. The van der Waals surface area contributed by atoms with E-state index in [4.69, 9.17) is 10.2 Å². The van der Waals surface area contributed by atoms with E-state index in [0.29, 0.717) is 13.1 Å². The number of rotatable bonds is 5. The van der Waals surface area contributed by atoms with Gasteiger partial charge in [-0.2, -0.15) is 0 Å². The lowest BCUT2D eigenvalue weighted by molar-refractivity contribution is 0.223. The molecule has 2 N–H and O–H groups in total. The minimum atomic E-state index is -0.233. The molecule has 4 heteroatoms. The second-order valence-electron chi connectivity index (χ2n) is 4.30. The SMILES string of the molecule is CN(Cc1ccco1)C(CN)c1ccc(F)cc1. The molecule has 0 radical (unpaired) electrons. The highest BCUT2D eigenvalue weighted by Crippen LogP contribution is 2.20. The fourth-order valence-electron chi connectivity index (χ4n) is 2.01. The highest BCUT2D eigenvalue weighted by Gasteiger charge is 2.16. The van der Waals surface area contributed by atoms with Crippen molar-refractivity contribution in [1.29, 1.82) is 0 Å². The zero-order valence-corrected chi connectivity index (χ0v) is 10.3. The molecule has 3 nitrogen and oxygen atoms in total. The fraction of sp³-hybridized carbons (Fsp3) is 0.286. The maximum absolute atomic E-state index is 12.9. The number of halogens is 1. The van der Waals surface area contributed by atoms with Crippen LogP contribution in [0.15, 0.2) is 47.1 Å². The molecular weight excluding hydrogens is 231 g/mol. The number of nitrogens with zero attached hydrogens (tertiary/aromatic N) is 1. The summed E-state index contributed by atoms with van der Waals surface area (Å²) < 4.78 is 18.2. The Labute approximate surface area is 106 Å². The van der Waals surface area contributed by atoms with E-state index in [-0.39, 0.29) is 11.9 Å². The third-order valence-electron chi connectivity index (χ3n) is 3.00. The summed E-state index contributed by atoms with van der Waals surface area (Å²) in [5, 5.41) is 0. The number of hydrogen-bond acceptors (Lipinski definition) is 3. The van der Waals surface area contributed by atoms with Gasteiger partial charge in [0.2, 0.25) is 0 Å². The van der Waals surface area contributed by atoms with Crippen molar-refractivity contribution in [2.24, 2.45) is 5.73 Å². The van der Waals surface area contributed by atoms with Crippen molar-refractivity contribution in [1.82, 2.24) is 4.90 Å². The third kappa shape index (κ3) is 2.97. The second kappa shape index (κ2) is 5.80. The van der Waals surface area contributed by atoms with Crippen molar-refractivity contribution in [2.45, 2.75) is 12.6 Å². The molecule has 0 aliphatic heterocycles. The minimum absolute atomic E-state index is 0.0516. The van der Waals surface area contributed by atoms with E-state index in [9.17, 15) is 4.39 Å². The average Bonchev–Trinajstić information content (AvgIpc) is 2.85. The average molecular weight is 248 g/mol. The molecule has 0 aliphatic rings. The van der Waals surface area contributed by atoms with Crippen LogP contribution in [-0.4, -0.2) is 18.5 Å². The number of likely N-dealkylation sites (N-methyl/N-ethyl adjacent to an activating group) is 1. The first-order valence-electron chi connectivity index (χ1n) is 5.89. The van der Waals surface area contributed by atoms with Crippen LogP contribution in [0.3, 0.4) is 0 Å². The predicted molar refractivity (Wildman–Crippen MR) is 68.4 cm³/mol. The van der Waals surface area contributed by atoms with Gasteiger partial charge in [0.25, 0.3) is 0 Å². The highest BCUT2D eigenvalue weighted by molar-refractivity contribution is 5.20. The van der Waals surface area contributed by atoms with Gasteiger partial charge in [-0.15, -0.1) is 0 Å². The quantitative estimate of drug-likeness (QED) is 0.884. The summed E-state index contributed by atoms with van der Waals surface area (Å²) in [6.45, 7) is 1.15. The summed E-state index contributed by atoms with van der Waals surface area (Å²) in [7, 11) is 1.98. The van der Waals surface area contributed by atoms with E-state index in [1.807, 2.05) is 19.2 Å². The summed E-state index contributed by atoms with van der Waals surface area (Å²) in [5.41, 5.74) is 6.81. The lowest BCUT2D eigenvalue weighted by Gasteiger charge is -2.26. The number of furan rings is 1. The van der Waals surface area contributed by atoms with Crippen LogP contribution in [0.1, 0.15) is 17.4 Å². The van der Waals surface area contributed by atoms with Crippen LogP contribution >= 0.6 is 0 Å². The molecule has 1 atom stereocenters. The van der Waals surface area contributed by atoms with Crippen LogP contribution in [0.25, 0.3) is 0 Å². The summed E-state index contributed by atoms with van der Waals surface area (Å²) >= 11 is 0. The van der Waals surface area contributed by atoms with Gasteiger partial charge in [0, 0.05) is 12.6 Å². The number of nitrogens with two attached hydrogens (primary N) is 1. The molecule has 0 saturated heterocycles. The molecule has 1 aromatic heterocycles. The smallest absolute Gasteiger partial charge is 0.123 e. The first-order chi connectivity index (χ1) is 8.70. The summed E-state index contributed by atoms with van der Waals surface area (Å²) in [5.74, 6) is 0.654. The van der Waals surface area contributed by atoms with Crippen molar-refractivity contribution in [3.8, 4) is 0 Å². The van der Waals surface area contributed by atoms with E-state index >= 15 is 0 Å². The Bertz CT molecular complexity index is 467. The topological polar surface area (TPSA) is 42.4 Å². The maximum atomic E-state index is 12.9. The van der Waals surface area contributed by atoms with Crippen molar-refractivity contribution in [3.05, 3.63) is 59.8 Å². The van der Waals surface area contributed by atoms with Gasteiger partial charge in [0.1, 0.15) is 11.6 Å². The van der Waals surface area contributed by atoms with Gasteiger partial charge in [-0.3, -0.25) is 4.90 Å². The van der Waals surface area contributed by atoms with E-state index < -0.39 is 0 Å². The summed E-state index contributed by atoms with van der Waals surface area (Å²) in [6.07, 6.45) is 1.65. The van der Waals surface area contributed by atoms with E-state index in [2.05, 4.69) is 4.90 Å². The van der Waals surface area contributed by atoms with Crippen LogP contribution in [0, 0.1) is 5.82 Å². The van der Waals surface area contributed by atoms with Crippen molar-refractivity contribution in [2.75, 3.05) is 13.6 Å². The molecule has 18 heavy (non-hydrogen) atoms. The molecule has 1 aromatic carbocycles. The van der Waals surface area contributed by atoms with Crippen LogP contribution in [0.4, 0.5) is 4.39 Å². The van der Waals surface area contributed by atoms with Crippen molar-refractivity contribution in [3.63, 3.8) is 0 Å². The predicted octanol–water partition coefficient (Wildman–Crippen LogP) is 2.55. The Balaban J connectivity index is 2.10. The highest BCUT2D eigenvalue weighted by atomic mass is 19.1. The maximum Gasteiger partial charge on any atom is 0.123 e. The van der Waals surface area contributed by atoms with Gasteiger partial charge in [0.15, 0.2) is 0 Å². The molecule has 1 unspecified atom stereocenters. The van der Waals surface area contributed by atoms with Gasteiger partial charge in [-0.1, -0.05) is 12.1 Å². The Morgan fingerprint density at radius 2 is 2.00 bits per heavy atom. The molecular formula is C14H17FN2O. The molecule has 96 valence electrons. The third-order valence-corrected chi connectivity index (χ3v) is 3.00. The van der Waals surface area contributed by atoms with Crippen LogP contribution in [0.5, 0.6) is 0 Å². The second-order valence-corrected chi connectivity index (χ2v) is 4.30. The van der Waals surface area contributed by atoms with Gasteiger partial charge in [-0.05, 0) is 36.9 Å². The molecule has 0 saturated carbocycles. The Hall–Kier alpha value is -1.65. The molecule has 0 fully saturated rings. The Morgan fingerprint density at radius 3 is 2.56 bits per heavy atom. The van der Waals surface area contributed by atoms with Gasteiger partial charge in [-0.25, -0.2) is 4.39 Å². The normalized spacial score (nSPS) is 12.9. The van der Waals surface area contributed by atoms with Crippen LogP contribution in [0.2, 0.25) is 0 Å². The zero-order valence-electron chi connectivity index (χ0n) is 10.3. The van der Waals surface area contributed by atoms with Crippen molar-refractivity contribution < 1.29 is 8.81 Å². The largest absolute Gasteiger partial charge is 0.468 e. The van der Waals surface area contributed by atoms with Gasteiger partial charge < -0.3 is 10.2 Å². The van der Waals surface area contributed by atoms with E-state index in [1.54, 1.807) is 18.4 Å². The standard InChI is InChI=1S/C14H17FN2O/c1-17(10-13-3-2-8-18-13)14(9-16)11-4-6-12(15)7-5-11/h2-8,14H,9-10,16H2,1H3. The van der Waals surface area contributed by atoms with Crippen LogP contribution < -0.4 is 5.73 Å². The van der Waals surface area contributed by atoms with Crippen LogP contribution in [-0.2, 0) is 6.54 Å². The molecule has 0 bridgehead atoms. The molecule has 0 amide bonds. The summed E-state index contributed by atoms with van der Waals surface area (Å²) in [4.78, 5) is 2.09. The fourth-order valence-corrected chi connectivity index (χ4v) is 2.01. The van der Waals surface area contributed by atoms with E-state index in [0.717, 1.165) is 11.3 Å². The first-order valence-corrected chi connectivity index (χ1v) is 5.89. The molecule has 1 heterocycles. The minimum Gasteiger partial charge on any atom is -0.468 e. The van der Waals surface area contributed by atoms with Gasteiger partial charge >= 0.3 is 0 Å². The van der Waals surface area contributed by atoms with Crippen molar-refractivity contribution >= 4 is 0 Å². The zero-order chi connectivity index (χ0) is 13.0. The van der Waals surface area contributed by atoms with Gasteiger partial charge in [0.05, 0.1) is 12.8 Å². The van der Waals surface area contributed by atoms with E-state index in [1.165, 1.54) is 12.1 Å². The Kier molecular flexibility index (Phi) is 4.12. The molecule has 0 aliphatic carbocycles. The lowest BCUT2D eigenvalue weighted by atomic mass is 10.1. The lowest BCUT2D eigenvalue weighted by Crippen LogP contribution is -2.30. The molecule has 2 rings (SSSR count). The molecule has 0 spiro atoms. The first kappa shape index (κ1) is 12.8. The Morgan fingerprint density at radius 1 is 1.28 bits per heavy atom. The summed E-state index contributed by atoms with van der Waals surface area (Å²) in [6, 6.07) is 10.3. The number of hydrogen-bond donors (Lipinski definition) is 1.